The van der Waals surface area contributed by atoms with Gasteiger partial charge in [0.2, 0.25) is 0 Å². The van der Waals surface area contributed by atoms with Crippen molar-refractivity contribution in [2.24, 2.45) is 0 Å². The summed E-state index contributed by atoms with van der Waals surface area (Å²) < 4.78 is 32.4. The van der Waals surface area contributed by atoms with Gasteiger partial charge in [-0.3, -0.25) is 9.36 Å². The molecule has 0 spiro atoms. The Morgan fingerprint density at radius 3 is 0.881 bits per heavy atom. The maximum Gasteiger partial charge on any atom is 1.00 e. The molecule has 1 saturated heterocycles. The maximum atomic E-state index is 12.2. The molecule has 2 aromatic heterocycles. The van der Waals surface area contributed by atoms with Crippen LogP contribution < -0.4 is 56.5 Å². The predicted molar refractivity (Wildman–Crippen MR) is 495 cm³/mol. The number of carbonyl (C=O) groups is 1. The molecule has 0 radical (unpaired) electrons. The van der Waals surface area contributed by atoms with Crippen molar-refractivity contribution in [1.82, 2.24) is 9.13 Å². The van der Waals surface area contributed by atoms with Gasteiger partial charge in [-0.25, -0.2) is 0 Å². The van der Waals surface area contributed by atoms with Crippen molar-refractivity contribution in [3.8, 4) is 23.5 Å². The van der Waals surface area contributed by atoms with Gasteiger partial charge in [0.05, 0.1) is 64.7 Å². The third kappa shape index (κ3) is 30.9. The Bertz CT molecular complexity index is 5080. The minimum absolute atomic E-state index is 0. The van der Waals surface area contributed by atoms with E-state index in [9.17, 15) is 14.5 Å². The summed E-state index contributed by atoms with van der Waals surface area (Å²) in [7, 11) is -3.05. The van der Waals surface area contributed by atoms with E-state index < -0.39 is 13.2 Å². The number of ether oxygens (including phenoxy) is 1. The van der Waals surface area contributed by atoms with Crippen LogP contribution in [0.3, 0.4) is 0 Å². The number of carbonyl (C=O) groups excluding carboxylic acids is 1. The molecule has 13 rings (SSSR count). The van der Waals surface area contributed by atoms with E-state index in [0.29, 0.717) is 29.9 Å². The molecule has 610 valence electrons. The van der Waals surface area contributed by atoms with Crippen LogP contribution in [-0.4, -0.2) is 47.4 Å². The summed E-state index contributed by atoms with van der Waals surface area (Å²) in [4.78, 5) is 10.9. The fourth-order valence-electron chi connectivity index (χ4n) is 14.5. The molecule has 12 heteroatoms. The minimum atomic E-state index is -3.05. The second kappa shape index (κ2) is 51.1. The van der Waals surface area contributed by atoms with Crippen molar-refractivity contribution in [2.45, 2.75) is 215 Å². The van der Waals surface area contributed by atoms with Crippen LogP contribution >= 0.6 is 7.60 Å². The van der Waals surface area contributed by atoms with Crippen LogP contribution in [0, 0.1) is 22.7 Å². The van der Waals surface area contributed by atoms with Crippen molar-refractivity contribution in [3.05, 3.63) is 296 Å². The van der Waals surface area contributed by atoms with Crippen LogP contribution in [0.1, 0.15) is 261 Å². The molecule has 118 heavy (non-hydrogen) atoms. The molecule has 0 atom stereocenters. The first-order chi connectivity index (χ1) is 57.0. The Labute approximate surface area is 748 Å². The number of hydrogen-bond acceptors (Lipinski definition) is 8. The number of unbranched alkanes of at least 4 members (excludes halogenated alkanes) is 12. The zero-order valence-electron chi connectivity index (χ0n) is 72.1. The fraction of sp³-hybridized carbons (Fsp3) is 0.349. The van der Waals surface area contributed by atoms with E-state index in [1.54, 1.807) is 58.9 Å². The Morgan fingerprint density at radius 2 is 0.636 bits per heavy atom. The van der Waals surface area contributed by atoms with Crippen molar-refractivity contribution >= 4 is 93.9 Å². The standard InChI is InChI=1S/C47H48N2.C39H43NO.C12H16NO3P.C4H8O.C4H9O.K/c1-3-5-7-9-11-40-27-31-46-44(33-40)45-34-41(12-10-8-6-4-2)28-32-47(45)49(46)43-29-25-39(26-30-43)20-19-37-15-13-36(14-16-37)17-18-38-21-23-42(35-48)24-22-38;1-3-5-7-9-11-32-21-25-38-36(27-32)37-28-33(12-10-8-6-4-2)22-26-39(37)40(38)35-23-19-31(20-24-35)14-13-30-15-17-34(29-41)18-16-30;1-3-15-17(14,16-4-2)10-12-7-5-11(9-13)6-8-12;1-2-4-5-3-1;1-4(2,3)5;/h13-34H,3-12H2,1-2H3;13-29H,3-12H2,1-2H3;5-8H,3-4,10H2,1-2H3;1-4H2;1-3H3;/q;;;;-1;+1/b18-17+,20-19+;14-13+;;;;. The van der Waals surface area contributed by atoms with E-state index >= 15 is 0 Å². The molecular weight excluding hydrogens is 1500 g/mol. The molecule has 0 N–H and O–H groups in total. The molecule has 1 aliphatic heterocycles. The topological polar surface area (TPSA) is 142 Å². The van der Waals surface area contributed by atoms with Crippen LogP contribution in [0.15, 0.2) is 218 Å². The van der Waals surface area contributed by atoms with Crippen LogP contribution in [-0.2, 0) is 50.2 Å². The molecule has 0 amide bonds. The summed E-state index contributed by atoms with van der Waals surface area (Å²) in [6, 6.07) is 81.3. The molecule has 12 aromatic rings. The number of nitrogens with zero attached hydrogens (tertiary/aromatic N) is 4. The Morgan fingerprint density at radius 1 is 0.381 bits per heavy atom. The molecule has 0 saturated carbocycles. The van der Waals surface area contributed by atoms with Crippen molar-refractivity contribution in [1.29, 1.82) is 10.5 Å². The first-order valence-corrected chi connectivity index (χ1v) is 44.9. The molecule has 0 bridgehead atoms. The smallest absolute Gasteiger partial charge is 0.850 e. The molecule has 10 nitrogen and oxygen atoms in total. The summed E-state index contributed by atoms with van der Waals surface area (Å²) in [5.74, 6) is 0. The number of aldehydes is 1. The molecule has 0 aliphatic carbocycles. The molecule has 3 heterocycles. The third-order valence-corrected chi connectivity index (χ3v) is 22.8. The van der Waals surface area contributed by atoms with Crippen LogP contribution in [0.2, 0.25) is 0 Å². The number of hydrogen-bond donors (Lipinski definition) is 0. The minimum Gasteiger partial charge on any atom is -0.850 e. The number of rotatable bonds is 35. The maximum absolute atomic E-state index is 12.2. The Hall–Kier alpha value is -8.62. The SMILES string of the molecule is C1CCOC1.CC(C)(C)[O-].CCCCCCc1ccc2c(c1)c1cc(CCCCCC)ccc1n2-c1ccc(/C=C/c2ccc(/C=C/c3ccc(C#N)cc3)cc2)cc1.CCCCCCc1ccc2c(c1)c1cc(CCCCCC)ccc1n2-c1ccc(/C=C/c2ccc(C=O)cc2)cc1.CCOP(=O)(Cc1ccc(C#N)cc1)OCC.[K+]. The average molecular weight is 1620 g/mol. The second-order valence-electron chi connectivity index (χ2n) is 31.5. The average Bonchev–Trinajstić information content (AvgIpc) is 1.60. The quantitative estimate of drug-likeness (QED) is 0.0126. The summed E-state index contributed by atoms with van der Waals surface area (Å²) in [6.07, 6.45) is 41.7. The zero-order chi connectivity index (χ0) is 83.0. The first kappa shape index (κ1) is 94.9. The Balaban J connectivity index is 0.000000224. The van der Waals surface area contributed by atoms with Crippen LogP contribution in [0.5, 0.6) is 0 Å². The summed E-state index contributed by atoms with van der Waals surface area (Å²) >= 11 is 0. The summed E-state index contributed by atoms with van der Waals surface area (Å²) in [5, 5.41) is 33.3. The fourth-order valence-corrected chi connectivity index (χ4v) is 16.2. The molecule has 0 unspecified atom stereocenters. The van der Waals surface area contributed by atoms with Gasteiger partial charge in [0.15, 0.2) is 0 Å². The number of fused-ring (bicyclic) bond motifs is 6. The third-order valence-electron chi connectivity index (χ3n) is 20.8. The van der Waals surface area contributed by atoms with Gasteiger partial charge >= 0.3 is 59.0 Å². The van der Waals surface area contributed by atoms with Gasteiger partial charge in [0, 0.05) is 51.7 Å². The van der Waals surface area contributed by atoms with Gasteiger partial charge in [-0.1, -0.05) is 283 Å². The predicted octanol–water partition coefficient (Wildman–Crippen LogP) is 25.5. The van der Waals surface area contributed by atoms with Crippen molar-refractivity contribution in [3.63, 3.8) is 0 Å². The van der Waals surface area contributed by atoms with Gasteiger partial charge < -0.3 is 28.0 Å². The molecular formula is C106H124KN4O6P. The van der Waals surface area contributed by atoms with Gasteiger partial charge in [-0.15, -0.1) is 5.60 Å². The monoisotopic (exact) mass is 1620 g/mol. The summed E-state index contributed by atoms with van der Waals surface area (Å²) in [6.45, 7) is 20.3. The van der Waals surface area contributed by atoms with Gasteiger partial charge in [0.1, 0.15) is 6.29 Å². The number of aryl methyl sites for hydroxylation is 4. The van der Waals surface area contributed by atoms with E-state index in [-0.39, 0.29) is 57.5 Å². The van der Waals surface area contributed by atoms with Crippen molar-refractivity contribution < 1.29 is 79.6 Å². The van der Waals surface area contributed by atoms with Crippen LogP contribution in [0.4, 0.5) is 0 Å². The number of nitriles is 2. The number of benzene rings is 10. The number of aromatic nitrogens is 2. The normalized spacial score (nSPS) is 12.0. The van der Waals surface area contributed by atoms with Crippen molar-refractivity contribution in [2.75, 3.05) is 26.4 Å². The van der Waals surface area contributed by atoms with E-state index in [1.807, 2.05) is 54.6 Å². The van der Waals surface area contributed by atoms with Gasteiger partial charge in [-0.2, -0.15) is 10.5 Å². The van der Waals surface area contributed by atoms with Gasteiger partial charge in [-0.05, 0) is 236 Å². The van der Waals surface area contributed by atoms with Crippen LogP contribution in [0.25, 0.3) is 91.4 Å². The molecule has 1 aliphatic rings. The van der Waals surface area contributed by atoms with E-state index in [0.717, 1.165) is 78.6 Å². The van der Waals surface area contributed by atoms with E-state index in [4.69, 9.17) is 24.3 Å². The largest absolute Gasteiger partial charge is 1.00 e. The van der Waals surface area contributed by atoms with E-state index in [1.165, 1.54) is 198 Å². The first-order valence-electron chi connectivity index (χ1n) is 43.2. The zero-order valence-corrected chi connectivity index (χ0v) is 76.1. The Kier molecular flexibility index (Phi) is 41.1. The molecule has 10 aromatic carbocycles. The summed E-state index contributed by atoms with van der Waals surface area (Å²) in [5.41, 5.74) is 22.1. The molecule has 1 fully saturated rings. The second-order valence-corrected chi connectivity index (χ2v) is 33.6. The van der Waals surface area contributed by atoms with E-state index in [2.05, 4.69) is 225 Å². The van der Waals surface area contributed by atoms with Gasteiger partial charge in [0.25, 0.3) is 0 Å².